The van der Waals surface area contributed by atoms with Crippen LogP contribution in [-0.4, -0.2) is 41.8 Å². The highest BCUT2D eigenvalue weighted by molar-refractivity contribution is 6.35. The third-order valence-corrected chi connectivity index (χ3v) is 4.58. The monoisotopic (exact) mass is 399 g/mol. The highest BCUT2D eigenvalue weighted by atomic mass is 35.5. The summed E-state index contributed by atoms with van der Waals surface area (Å²) < 4.78 is 0. The molecule has 0 radical (unpaired) electrons. The highest BCUT2D eigenvalue weighted by Gasteiger charge is 2.34. The molecular weight excluding hydrogens is 377 g/mol. The molecule has 142 valence electrons. The van der Waals surface area contributed by atoms with Gasteiger partial charge < -0.3 is 15.5 Å². The highest BCUT2D eigenvalue weighted by Crippen LogP contribution is 2.25. The molecule has 0 saturated carbocycles. The van der Waals surface area contributed by atoms with Gasteiger partial charge in [-0.3, -0.25) is 14.4 Å². The summed E-state index contributed by atoms with van der Waals surface area (Å²) >= 11 is 11.9. The zero-order chi connectivity index (χ0) is 19.1. The summed E-state index contributed by atoms with van der Waals surface area (Å²) in [6.07, 6.45) is 2.42. The van der Waals surface area contributed by atoms with Crippen LogP contribution in [0.4, 0.5) is 5.69 Å². The summed E-state index contributed by atoms with van der Waals surface area (Å²) in [5, 5.41) is 6.35. The van der Waals surface area contributed by atoms with Crippen LogP contribution in [0.25, 0.3) is 0 Å². The fraction of sp³-hybridized carbons (Fsp3) is 0.500. The number of halogens is 2. The topological polar surface area (TPSA) is 78.5 Å². The van der Waals surface area contributed by atoms with E-state index in [9.17, 15) is 14.4 Å². The second-order valence-electron chi connectivity index (χ2n) is 6.24. The number of carbonyl (C=O) groups excluding carboxylic acids is 3. The first-order valence-corrected chi connectivity index (χ1v) is 9.49. The fourth-order valence-electron chi connectivity index (χ4n) is 2.91. The number of likely N-dealkylation sites (tertiary alicyclic amines) is 1. The minimum Gasteiger partial charge on any atom is -0.356 e. The van der Waals surface area contributed by atoms with Crippen molar-refractivity contribution in [2.45, 2.75) is 45.1 Å². The van der Waals surface area contributed by atoms with E-state index in [1.807, 2.05) is 6.92 Å². The zero-order valence-electron chi connectivity index (χ0n) is 14.7. The van der Waals surface area contributed by atoms with Gasteiger partial charge >= 0.3 is 0 Å². The summed E-state index contributed by atoms with van der Waals surface area (Å²) in [6.45, 7) is 3.08. The Morgan fingerprint density at radius 1 is 1.15 bits per heavy atom. The first kappa shape index (κ1) is 20.5. The lowest BCUT2D eigenvalue weighted by Gasteiger charge is -2.24. The SMILES string of the molecule is CCCNC(=O)CCC(=O)N1CCCC1C(=O)Nc1cc(Cl)cc(Cl)c1. The molecule has 1 atom stereocenters. The molecule has 6 nitrogen and oxygen atoms in total. The van der Waals surface area contributed by atoms with Crippen molar-refractivity contribution in [3.63, 3.8) is 0 Å². The molecule has 1 aliphatic rings. The Balaban J connectivity index is 1.92. The van der Waals surface area contributed by atoms with Crippen LogP contribution in [0.3, 0.4) is 0 Å². The van der Waals surface area contributed by atoms with Crippen LogP contribution >= 0.6 is 23.2 Å². The van der Waals surface area contributed by atoms with E-state index in [0.717, 1.165) is 12.8 Å². The minimum atomic E-state index is -0.543. The molecule has 1 aromatic rings. The molecule has 1 fully saturated rings. The Hall–Kier alpha value is -1.79. The molecule has 0 spiro atoms. The smallest absolute Gasteiger partial charge is 0.247 e. The van der Waals surface area contributed by atoms with Gasteiger partial charge in [0.25, 0.3) is 0 Å². The van der Waals surface area contributed by atoms with E-state index < -0.39 is 6.04 Å². The van der Waals surface area contributed by atoms with Crippen molar-refractivity contribution in [2.24, 2.45) is 0 Å². The Labute approximate surface area is 163 Å². The van der Waals surface area contributed by atoms with Crippen molar-refractivity contribution < 1.29 is 14.4 Å². The summed E-state index contributed by atoms with van der Waals surface area (Å²) in [5.74, 6) is -0.600. The van der Waals surface area contributed by atoms with Crippen LogP contribution in [0.2, 0.25) is 10.0 Å². The van der Waals surface area contributed by atoms with E-state index in [1.54, 1.807) is 23.1 Å². The second-order valence-corrected chi connectivity index (χ2v) is 7.12. The summed E-state index contributed by atoms with van der Waals surface area (Å²) in [6, 6.07) is 4.24. The number of hydrogen-bond acceptors (Lipinski definition) is 3. The molecule has 0 aromatic heterocycles. The van der Waals surface area contributed by atoms with Crippen LogP contribution in [0.1, 0.15) is 39.0 Å². The van der Waals surface area contributed by atoms with Gasteiger partial charge in [-0.25, -0.2) is 0 Å². The van der Waals surface area contributed by atoms with E-state index in [4.69, 9.17) is 23.2 Å². The lowest BCUT2D eigenvalue weighted by molar-refractivity contribution is -0.137. The van der Waals surface area contributed by atoms with Crippen molar-refractivity contribution in [3.8, 4) is 0 Å². The molecule has 8 heteroatoms. The molecule has 1 unspecified atom stereocenters. The van der Waals surface area contributed by atoms with Gasteiger partial charge in [-0.2, -0.15) is 0 Å². The molecule has 2 rings (SSSR count). The van der Waals surface area contributed by atoms with Crippen LogP contribution in [0.15, 0.2) is 18.2 Å². The third kappa shape index (κ3) is 5.88. The number of anilines is 1. The van der Waals surface area contributed by atoms with Crippen LogP contribution < -0.4 is 10.6 Å². The maximum absolute atomic E-state index is 12.6. The average molecular weight is 400 g/mol. The van der Waals surface area contributed by atoms with Crippen LogP contribution in [-0.2, 0) is 14.4 Å². The van der Waals surface area contributed by atoms with Gasteiger partial charge in [0.15, 0.2) is 0 Å². The van der Waals surface area contributed by atoms with Gasteiger partial charge in [-0.1, -0.05) is 30.1 Å². The van der Waals surface area contributed by atoms with Crippen molar-refractivity contribution in [3.05, 3.63) is 28.2 Å². The Kier molecular flexibility index (Phi) is 7.72. The maximum Gasteiger partial charge on any atom is 0.247 e. The minimum absolute atomic E-state index is 0.0995. The molecule has 2 N–H and O–H groups in total. The van der Waals surface area contributed by atoms with E-state index in [0.29, 0.717) is 35.2 Å². The molecule has 0 aliphatic carbocycles. The van der Waals surface area contributed by atoms with Gasteiger partial charge in [0.1, 0.15) is 6.04 Å². The number of rotatable bonds is 7. The van der Waals surface area contributed by atoms with Crippen molar-refractivity contribution >= 4 is 46.6 Å². The van der Waals surface area contributed by atoms with Gasteiger partial charge in [0, 0.05) is 41.7 Å². The van der Waals surface area contributed by atoms with Gasteiger partial charge in [-0.05, 0) is 37.5 Å². The van der Waals surface area contributed by atoms with Crippen LogP contribution in [0.5, 0.6) is 0 Å². The molecule has 1 aliphatic heterocycles. The molecule has 1 aromatic carbocycles. The van der Waals surface area contributed by atoms with E-state index in [-0.39, 0.29) is 30.6 Å². The lowest BCUT2D eigenvalue weighted by Crippen LogP contribution is -2.43. The number of hydrogen-bond donors (Lipinski definition) is 2. The molecule has 3 amide bonds. The number of benzene rings is 1. The summed E-state index contributed by atoms with van der Waals surface area (Å²) in [5.41, 5.74) is 0.491. The predicted molar refractivity (Wildman–Crippen MR) is 102 cm³/mol. The van der Waals surface area contributed by atoms with Gasteiger partial charge in [-0.15, -0.1) is 0 Å². The first-order valence-electron chi connectivity index (χ1n) is 8.74. The van der Waals surface area contributed by atoms with E-state index in [1.165, 1.54) is 0 Å². The maximum atomic E-state index is 12.6. The van der Waals surface area contributed by atoms with Crippen molar-refractivity contribution in [1.82, 2.24) is 10.2 Å². The molecule has 1 heterocycles. The predicted octanol–water partition coefficient (Wildman–Crippen LogP) is 3.23. The summed E-state index contributed by atoms with van der Waals surface area (Å²) in [4.78, 5) is 38.2. The van der Waals surface area contributed by atoms with Crippen LogP contribution in [0, 0.1) is 0 Å². The number of nitrogens with zero attached hydrogens (tertiary/aromatic N) is 1. The standard InChI is InChI=1S/C18H23Cl2N3O3/c1-2-7-21-16(24)5-6-17(25)23-8-3-4-15(23)18(26)22-14-10-12(19)9-13(20)11-14/h9-11,15H,2-8H2,1H3,(H,21,24)(H,22,26). The molecule has 0 bridgehead atoms. The quantitative estimate of drug-likeness (QED) is 0.738. The van der Waals surface area contributed by atoms with Crippen molar-refractivity contribution in [1.29, 1.82) is 0 Å². The van der Waals surface area contributed by atoms with Gasteiger partial charge in [0.05, 0.1) is 0 Å². The van der Waals surface area contributed by atoms with E-state index in [2.05, 4.69) is 10.6 Å². The molecule has 1 saturated heterocycles. The zero-order valence-corrected chi connectivity index (χ0v) is 16.2. The Morgan fingerprint density at radius 2 is 1.85 bits per heavy atom. The number of nitrogens with one attached hydrogen (secondary N) is 2. The number of amides is 3. The lowest BCUT2D eigenvalue weighted by atomic mass is 10.2. The van der Waals surface area contributed by atoms with Crippen molar-refractivity contribution in [2.75, 3.05) is 18.4 Å². The molecular formula is C18H23Cl2N3O3. The third-order valence-electron chi connectivity index (χ3n) is 4.14. The number of carbonyl (C=O) groups is 3. The Bertz CT molecular complexity index is 661. The molecule has 26 heavy (non-hydrogen) atoms. The Morgan fingerprint density at radius 3 is 2.50 bits per heavy atom. The average Bonchev–Trinajstić information content (AvgIpc) is 3.06. The fourth-order valence-corrected chi connectivity index (χ4v) is 3.43. The normalized spacial score (nSPS) is 16.4. The largest absolute Gasteiger partial charge is 0.356 e. The first-order chi connectivity index (χ1) is 12.4. The summed E-state index contributed by atoms with van der Waals surface area (Å²) in [7, 11) is 0. The second kappa shape index (κ2) is 9.78. The van der Waals surface area contributed by atoms with E-state index >= 15 is 0 Å². The van der Waals surface area contributed by atoms with Gasteiger partial charge in [0.2, 0.25) is 17.7 Å².